The van der Waals surface area contributed by atoms with Crippen LogP contribution in [0.25, 0.3) is 22.8 Å². The highest BCUT2D eigenvalue weighted by molar-refractivity contribution is 5.89. The fraction of sp³-hybridized carbons (Fsp3) is 0.333. The zero-order chi connectivity index (χ0) is 24.4. The first-order valence-corrected chi connectivity index (χ1v) is 11.9. The van der Waals surface area contributed by atoms with Crippen molar-refractivity contribution in [1.29, 1.82) is 0 Å². The van der Waals surface area contributed by atoms with Crippen LogP contribution in [0.4, 0.5) is 8.78 Å². The number of halogens is 2. The molecule has 2 aliphatic rings. The molecule has 0 aliphatic carbocycles. The lowest BCUT2D eigenvalue weighted by atomic mass is 9.94. The van der Waals surface area contributed by atoms with Crippen LogP contribution in [0.2, 0.25) is 0 Å². The van der Waals surface area contributed by atoms with Crippen LogP contribution in [0, 0.1) is 17.6 Å². The van der Waals surface area contributed by atoms with E-state index in [1.807, 2.05) is 11.8 Å². The van der Waals surface area contributed by atoms with Crippen LogP contribution in [-0.4, -0.2) is 44.4 Å². The fourth-order valence-corrected chi connectivity index (χ4v) is 4.73. The molecule has 180 valence electrons. The van der Waals surface area contributed by atoms with Gasteiger partial charge in [-0.15, -0.1) is 5.10 Å². The minimum absolute atomic E-state index is 0.0109. The quantitative estimate of drug-likeness (QED) is 0.517. The molecular weight excluding hydrogens is 448 g/mol. The first-order chi connectivity index (χ1) is 17.0. The maximum Gasteiger partial charge on any atom is 0.244 e. The number of benzene rings is 2. The maximum absolute atomic E-state index is 13.5. The van der Waals surface area contributed by atoms with E-state index < -0.39 is 0 Å². The summed E-state index contributed by atoms with van der Waals surface area (Å²) in [5.74, 6) is 0.495. The number of hydrogen-bond donors (Lipinski definition) is 0. The Morgan fingerprint density at radius 2 is 1.66 bits per heavy atom. The van der Waals surface area contributed by atoms with Crippen molar-refractivity contribution in [3.8, 4) is 22.8 Å². The normalized spacial score (nSPS) is 18.3. The van der Waals surface area contributed by atoms with Gasteiger partial charge in [-0.2, -0.15) is 0 Å². The third-order valence-electron chi connectivity index (χ3n) is 6.65. The van der Waals surface area contributed by atoms with Gasteiger partial charge in [0.25, 0.3) is 0 Å². The Kier molecular flexibility index (Phi) is 6.53. The molecule has 2 aromatic carbocycles. The fourth-order valence-electron chi connectivity index (χ4n) is 4.73. The molecule has 3 aromatic rings. The van der Waals surface area contributed by atoms with Crippen molar-refractivity contribution in [2.45, 2.75) is 39.2 Å². The highest BCUT2D eigenvalue weighted by Crippen LogP contribution is 2.26. The minimum atomic E-state index is -0.357. The largest absolute Gasteiger partial charge is 0.341 e. The van der Waals surface area contributed by atoms with Gasteiger partial charge in [0.05, 0.1) is 0 Å². The Morgan fingerprint density at radius 3 is 2.37 bits per heavy atom. The van der Waals surface area contributed by atoms with Crippen LogP contribution in [0.5, 0.6) is 0 Å². The van der Waals surface area contributed by atoms with Gasteiger partial charge >= 0.3 is 0 Å². The summed E-state index contributed by atoms with van der Waals surface area (Å²) >= 11 is 0. The predicted molar refractivity (Wildman–Crippen MR) is 131 cm³/mol. The monoisotopic (exact) mass is 475 g/mol. The molecule has 6 nitrogen and oxygen atoms in total. The molecule has 0 saturated carbocycles. The Balaban J connectivity index is 1.40. The average molecular weight is 476 g/mol. The van der Waals surface area contributed by atoms with Crippen molar-refractivity contribution < 1.29 is 13.6 Å². The van der Waals surface area contributed by atoms with Crippen LogP contribution >= 0.6 is 0 Å². The van der Waals surface area contributed by atoms with Crippen LogP contribution in [0.3, 0.4) is 0 Å². The Bertz CT molecular complexity index is 1280. The Labute approximate surface area is 203 Å². The molecule has 0 N–H and O–H groups in total. The molecule has 2 aliphatic heterocycles. The molecule has 1 amide bonds. The zero-order valence-electron chi connectivity index (χ0n) is 19.6. The lowest BCUT2D eigenvalue weighted by Crippen LogP contribution is -2.35. The zero-order valence-corrected chi connectivity index (χ0v) is 19.6. The van der Waals surface area contributed by atoms with E-state index in [9.17, 15) is 13.6 Å². The van der Waals surface area contributed by atoms with E-state index in [-0.39, 0.29) is 24.1 Å². The molecule has 0 spiro atoms. The number of nitrogens with zero attached hydrogens (tertiary/aromatic N) is 5. The molecule has 8 heteroatoms. The molecular formula is C27H27F2N5O. The summed E-state index contributed by atoms with van der Waals surface area (Å²) in [5.41, 5.74) is 3.53. The lowest BCUT2D eigenvalue weighted by molar-refractivity contribution is -0.131. The topological polar surface area (TPSA) is 63.4 Å². The molecule has 1 aromatic heterocycles. The summed E-state index contributed by atoms with van der Waals surface area (Å²) < 4.78 is 28.5. The molecule has 35 heavy (non-hydrogen) atoms. The predicted octanol–water partition coefficient (Wildman–Crippen LogP) is 5.27. The summed E-state index contributed by atoms with van der Waals surface area (Å²) in [4.78, 5) is 24.7. The summed E-state index contributed by atoms with van der Waals surface area (Å²) in [7, 11) is 0. The van der Waals surface area contributed by atoms with E-state index >= 15 is 0 Å². The van der Waals surface area contributed by atoms with Gasteiger partial charge in [-0.3, -0.25) is 9.79 Å². The molecule has 1 atom stereocenters. The lowest BCUT2D eigenvalue weighted by Gasteiger charge is -2.20. The van der Waals surface area contributed by atoms with Gasteiger partial charge in [0.1, 0.15) is 18.2 Å². The second-order valence-electron chi connectivity index (χ2n) is 9.07. The molecule has 0 radical (unpaired) electrons. The van der Waals surface area contributed by atoms with Gasteiger partial charge in [0.2, 0.25) is 5.91 Å². The number of amides is 1. The van der Waals surface area contributed by atoms with Crippen molar-refractivity contribution in [3.63, 3.8) is 0 Å². The number of rotatable bonds is 4. The van der Waals surface area contributed by atoms with Crippen molar-refractivity contribution in [3.05, 3.63) is 71.9 Å². The second kappa shape index (κ2) is 9.90. The summed E-state index contributed by atoms with van der Waals surface area (Å²) in [6, 6.07) is 11.8. The number of aromatic nitrogens is 3. The first-order valence-electron chi connectivity index (χ1n) is 11.9. The third-order valence-corrected chi connectivity index (χ3v) is 6.65. The van der Waals surface area contributed by atoms with Gasteiger partial charge in [-0.1, -0.05) is 6.08 Å². The summed E-state index contributed by atoms with van der Waals surface area (Å²) in [6.45, 7) is 3.33. The summed E-state index contributed by atoms with van der Waals surface area (Å²) in [5, 5.41) is 4.57. The maximum atomic E-state index is 13.5. The SMILES string of the molecule is CC1=CCCC2CCN(C(=O)Cn3nc(-c4ccc(F)cc4)nc3-c3ccc(F)cc3)CCC2=N1. The van der Waals surface area contributed by atoms with Crippen molar-refractivity contribution >= 4 is 11.6 Å². The number of aliphatic imine (C=N–C) groups is 1. The molecule has 0 bridgehead atoms. The van der Waals surface area contributed by atoms with Gasteiger partial charge in [0.15, 0.2) is 11.6 Å². The van der Waals surface area contributed by atoms with Gasteiger partial charge in [-0.05, 0) is 80.6 Å². The van der Waals surface area contributed by atoms with Crippen LogP contribution < -0.4 is 0 Å². The van der Waals surface area contributed by atoms with E-state index in [4.69, 9.17) is 4.99 Å². The van der Waals surface area contributed by atoms with Crippen molar-refractivity contribution in [2.75, 3.05) is 13.1 Å². The molecule has 1 fully saturated rings. The molecule has 1 unspecified atom stereocenters. The molecule has 3 heterocycles. The van der Waals surface area contributed by atoms with E-state index in [1.54, 1.807) is 28.9 Å². The standard InChI is InChI=1S/C27H27F2N5O/c1-18-3-2-4-19-13-15-33(16-14-24(19)30-18)25(35)17-34-27(21-7-11-23(29)12-8-21)31-26(32-34)20-5-9-22(28)10-6-20/h3,5-12,19H,2,4,13-17H2,1H3. The van der Waals surface area contributed by atoms with Crippen LogP contribution in [-0.2, 0) is 11.3 Å². The molecule has 1 saturated heterocycles. The summed E-state index contributed by atoms with van der Waals surface area (Å²) in [6.07, 6.45) is 5.94. The second-order valence-corrected chi connectivity index (χ2v) is 9.07. The van der Waals surface area contributed by atoms with Gasteiger partial charge in [-0.25, -0.2) is 18.4 Å². The number of fused-ring (bicyclic) bond motifs is 1. The number of allylic oxidation sites excluding steroid dienone is 2. The van der Waals surface area contributed by atoms with E-state index in [2.05, 4.69) is 16.2 Å². The molecule has 5 rings (SSSR count). The average Bonchev–Trinajstić information content (AvgIpc) is 3.03. The Hall–Kier alpha value is -3.68. The van der Waals surface area contributed by atoms with Crippen molar-refractivity contribution in [1.82, 2.24) is 19.7 Å². The van der Waals surface area contributed by atoms with E-state index in [0.29, 0.717) is 41.8 Å². The Morgan fingerprint density at radius 1 is 0.971 bits per heavy atom. The van der Waals surface area contributed by atoms with E-state index in [1.165, 1.54) is 30.0 Å². The van der Waals surface area contributed by atoms with Crippen molar-refractivity contribution in [2.24, 2.45) is 10.9 Å². The number of hydrogen-bond acceptors (Lipinski definition) is 4. The minimum Gasteiger partial charge on any atom is -0.341 e. The smallest absolute Gasteiger partial charge is 0.244 e. The van der Waals surface area contributed by atoms with Gasteiger partial charge < -0.3 is 4.90 Å². The van der Waals surface area contributed by atoms with E-state index in [0.717, 1.165) is 31.4 Å². The first kappa shape index (κ1) is 23.1. The van der Waals surface area contributed by atoms with Crippen LogP contribution in [0.1, 0.15) is 32.6 Å². The number of likely N-dealkylation sites (tertiary alicyclic amines) is 1. The highest BCUT2D eigenvalue weighted by Gasteiger charge is 2.27. The number of carbonyl (C=O) groups excluding carboxylic acids is 1. The third kappa shape index (κ3) is 5.21. The highest BCUT2D eigenvalue weighted by atomic mass is 19.1. The van der Waals surface area contributed by atoms with Gasteiger partial charge in [0, 0.05) is 42.0 Å². The van der Waals surface area contributed by atoms with Crippen LogP contribution in [0.15, 0.2) is 65.3 Å². The number of carbonyl (C=O) groups is 1.